The highest BCUT2D eigenvalue weighted by atomic mass is 16.7. The molecule has 0 saturated carbocycles. The summed E-state index contributed by atoms with van der Waals surface area (Å²) < 4.78 is 10.5. The van der Waals surface area contributed by atoms with Crippen LogP contribution >= 0.6 is 0 Å². The van der Waals surface area contributed by atoms with Crippen LogP contribution in [0, 0.1) is 0 Å². The van der Waals surface area contributed by atoms with Crippen molar-refractivity contribution < 1.29 is 19.4 Å². The Labute approximate surface area is 149 Å². The first-order chi connectivity index (χ1) is 12.2. The van der Waals surface area contributed by atoms with Crippen molar-refractivity contribution in [1.29, 1.82) is 0 Å². The Hall–Kier alpha value is -2.23. The van der Waals surface area contributed by atoms with Crippen LogP contribution in [-0.4, -0.2) is 17.9 Å². The summed E-state index contributed by atoms with van der Waals surface area (Å²) in [5.74, 6) is 1.18. The van der Waals surface area contributed by atoms with Gasteiger partial charge in [0, 0.05) is 0 Å². The standard InChI is InChI=1S/C21H28O4/c1-2-3-4-5-6-7-8-9-14-24-19-12-10-18-16-20(25-21(22)23)13-11-17(18)15-19/h10-13,15-16H,2-9,14H2,1H3,(H,22,23). The van der Waals surface area contributed by atoms with E-state index in [2.05, 4.69) is 11.7 Å². The van der Waals surface area contributed by atoms with Crippen LogP contribution in [0.2, 0.25) is 0 Å². The van der Waals surface area contributed by atoms with Gasteiger partial charge in [0.15, 0.2) is 0 Å². The molecule has 0 aromatic heterocycles. The largest absolute Gasteiger partial charge is 0.511 e. The Morgan fingerprint density at radius 1 is 0.840 bits per heavy atom. The Balaban J connectivity index is 1.72. The highest BCUT2D eigenvalue weighted by molar-refractivity contribution is 5.85. The Morgan fingerprint density at radius 2 is 1.40 bits per heavy atom. The highest BCUT2D eigenvalue weighted by Gasteiger charge is 2.03. The predicted molar refractivity (Wildman–Crippen MR) is 101 cm³/mol. The van der Waals surface area contributed by atoms with E-state index in [0.717, 1.165) is 29.5 Å². The first kappa shape index (κ1) is 19.1. The number of hydrogen-bond donors (Lipinski definition) is 1. The third-order valence-corrected chi connectivity index (χ3v) is 4.25. The molecule has 136 valence electrons. The van der Waals surface area contributed by atoms with Crippen LogP contribution in [-0.2, 0) is 0 Å². The lowest BCUT2D eigenvalue weighted by atomic mass is 10.1. The van der Waals surface area contributed by atoms with Gasteiger partial charge in [-0.05, 0) is 41.5 Å². The van der Waals surface area contributed by atoms with E-state index in [1.54, 1.807) is 12.1 Å². The van der Waals surface area contributed by atoms with Crippen molar-refractivity contribution in [2.75, 3.05) is 6.61 Å². The van der Waals surface area contributed by atoms with Crippen molar-refractivity contribution in [3.8, 4) is 11.5 Å². The molecule has 0 radical (unpaired) electrons. The number of carbonyl (C=O) groups is 1. The van der Waals surface area contributed by atoms with Gasteiger partial charge in [0.25, 0.3) is 0 Å². The van der Waals surface area contributed by atoms with Gasteiger partial charge in [0.2, 0.25) is 0 Å². The van der Waals surface area contributed by atoms with E-state index in [1.807, 2.05) is 24.3 Å². The van der Waals surface area contributed by atoms with E-state index in [-0.39, 0.29) is 0 Å². The molecule has 1 N–H and O–H groups in total. The van der Waals surface area contributed by atoms with Gasteiger partial charge in [-0.3, -0.25) is 0 Å². The van der Waals surface area contributed by atoms with Gasteiger partial charge in [0.05, 0.1) is 6.61 Å². The number of carboxylic acid groups (broad SMARTS) is 1. The first-order valence-electron chi connectivity index (χ1n) is 9.26. The monoisotopic (exact) mass is 344 g/mol. The lowest BCUT2D eigenvalue weighted by molar-refractivity contribution is 0.144. The summed E-state index contributed by atoms with van der Waals surface area (Å²) >= 11 is 0. The second-order valence-electron chi connectivity index (χ2n) is 6.36. The maximum absolute atomic E-state index is 10.6. The van der Waals surface area contributed by atoms with E-state index in [4.69, 9.17) is 9.84 Å². The second-order valence-corrected chi connectivity index (χ2v) is 6.36. The molecular weight excluding hydrogens is 316 g/mol. The zero-order valence-electron chi connectivity index (χ0n) is 15.0. The SMILES string of the molecule is CCCCCCCCCCOc1ccc2cc(OC(=O)O)ccc2c1. The molecule has 0 aliphatic rings. The molecule has 0 bridgehead atoms. The minimum absolute atomic E-state index is 0.326. The molecule has 25 heavy (non-hydrogen) atoms. The lowest BCUT2D eigenvalue weighted by Gasteiger charge is -2.08. The summed E-state index contributed by atoms with van der Waals surface area (Å²) in [6.45, 7) is 2.98. The van der Waals surface area contributed by atoms with Gasteiger partial charge in [0.1, 0.15) is 11.5 Å². The van der Waals surface area contributed by atoms with Crippen LogP contribution in [0.4, 0.5) is 4.79 Å². The second kappa shape index (κ2) is 10.6. The van der Waals surface area contributed by atoms with Crippen molar-refractivity contribution in [3.05, 3.63) is 36.4 Å². The fourth-order valence-electron chi connectivity index (χ4n) is 2.88. The van der Waals surface area contributed by atoms with E-state index >= 15 is 0 Å². The fraction of sp³-hybridized carbons (Fsp3) is 0.476. The lowest BCUT2D eigenvalue weighted by Crippen LogP contribution is -2.02. The van der Waals surface area contributed by atoms with Gasteiger partial charge < -0.3 is 14.6 Å². The Bertz CT molecular complexity index is 666. The van der Waals surface area contributed by atoms with E-state index < -0.39 is 6.16 Å². The molecule has 0 amide bonds. The van der Waals surface area contributed by atoms with Crippen LogP contribution in [0.1, 0.15) is 58.3 Å². The van der Waals surface area contributed by atoms with Gasteiger partial charge in [-0.1, -0.05) is 64.0 Å². The van der Waals surface area contributed by atoms with E-state index in [9.17, 15) is 4.79 Å². The number of hydrogen-bond acceptors (Lipinski definition) is 3. The van der Waals surface area contributed by atoms with Crippen LogP contribution in [0.25, 0.3) is 10.8 Å². The van der Waals surface area contributed by atoms with Crippen molar-refractivity contribution >= 4 is 16.9 Å². The summed E-state index contributed by atoms with van der Waals surface area (Å²) in [5.41, 5.74) is 0. The molecule has 0 saturated heterocycles. The molecular formula is C21H28O4. The molecule has 0 unspecified atom stereocenters. The van der Waals surface area contributed by atoms with E-state index in [0.29, 0.717) is 5.75 Å². The number of fused-ring (bicyclic) bond motifs is 1. The van der Waals surface area contributed by atoms with Crippen LogP contribution < -0.4 is 9.47 Å². The van der Waals surface area contributed by atoms with E-state index in [1.165, 1.54) is 44.9 Å². The molecule has 0 aliphatic carbocycles. The van der Waals surface area contributed by atoms with Gasteiger partial charge >= 0.3 is 6.16 Å². The number of rotatable bonds is 11. The summed E-state index contributed by atoms with van der Waals surface area (Å²) in [4.78, 5) is 10.6. The van der Waals surface area contributed by atoms with Crippen molar-refractivity contribution in [2.45, 2.75) is 58.3 Å². The summed E-state index contributed by atoms with van der Waals surface area (Å²) in [7, 11) is 0. The average Bonchev–Trinajstić information content (AvgIpc) is 2.60. The fourth-order valence-corrected chi connectivity index (χ4v) is 2.88. The van der Waals surface area contributed by atoms with Gasteiger partial charge in [-0.15, -0.1) is 0 Å². The van der Waals surface area contributed by atoms with Gasteiger partial charge in [-0.25, -0.2) is 4.79 Å². The van der Waals surface area contributed by atoms with Crippen LogP contribution in [0.5, 0.6) is 11.5 Å². The molecule has 0 heterocycles. The maximum atomic E-state index is 10.6. The van der Waals surface area contributed by atoms with Crippen LogP contribution in [0.15, 0.2) is 36.4 Å². The number of benzene rings is 2. The van der Waals surface area contributed by atoms with Gasteiger partial charge in [-0.2, -0.15) is 0 Å². The minimum atomic E-state index is -1.30. The molecule has 0 aliphatic heterocycles. The number of ether oxygens (including phenoxy) is 2. The molecule has 0 spiro atoms. The minimum Gasteiger partial charge on any atom is -0.494 e. The van der Waals surface area contributed by atoms with Crippen LogP contribution in [0.3, 0.4) is 0 Å². The average molecular weight is 344 g/mol. The molecule has 2 rings (SSSR count). The summed E-state index contributed by atoms with van der Waals surface area (Å²) in [5, 5.41) is 10.6. The zero-order chi connectivity index (χ0) is 17.9. The molecule has 2 aromatic carbocycles. The third kappa shape index (κ3) is 7.04. The molecule has 0 atom stereocenters. The van der Waals surface area contributed by atoms with Crippen molar-refractivity contribution in [2.24, 2.45) is 0 Å². The zero-order valence-corrected chi connectivity index (χ0v) is 15.0. The topological polar surface area (TPSA) is 55.8 Å². The first-order valence-corrected chi connectivity index (χ1v) is 9.26. The maximum Gasteiger partial charge on any atom is 0.511 e. The quantitative estimate of drug-likeness (QED) is 0.290. The van der Waals surface area contributed by atoms with Crippen molar-refractivity contribution in [1.82, 2.24) is 0 Å². The third-order valence-electron chi connectivity index (χ3n) is 4.25. The summed E-state index contributed by atoms with van der Waals surface area (Å²) in [6, 6.07) is 11.0. The molecule has 0 fully saturated rings. The molecule has 4 heteroatoms. The summed E-state index contributed by atoms with van der Waals surface area (Å²) in [6.07, 6.45) is 8.99. The Kier molecular flexibility index (Phi) is 8.10. The highest BCUT2D eigenvalue weighted by Crippen LogP contribution is 2.25. The predicted octanol–water partition coefficient (Wildman–Crippen LogP) is 6.42. The van der Waals surface area contributed by atoms with Crippen molar-refractivity contribution in [3.63, 3.8) is 0 Å². The molecule has 4 nitrogen and oxygen atoms in total. The Morgan fingerprint density at radius 3 is 2.04 bits per heavy atom. The number of unbranched alkanes of at least 4 members (excludes halogenated alkanes) is 7. The smallest absolute Gasteiger partial charge is 0.494 e. The molecule has 2 aromatic rings. The normalized spacial score (nSPS) is 10.8.